The van der Waals surface area contributed by atoms with Crippen molar-refractivity contribution in [2.75, 3.05) is 26.3 Å². The lowest BCUT2D eigenvalue weighted by Crippen LogP contribution is -2.56. The Morgan fingerprint density at radius 1 is 1.38 bits per heavy atom. The van der Waals surface area contributed by atoms with Gasteiger partial charge >= 0.3 is 0 Å². The molecule has 0 aromatic heterocycles. The van der Waals surface area contributed by atoms with E-state index >= 15 is 0 Å². The molecule has 13 heavy (non-hydrogen) atoms. The van der Waals surface area contributed by atoms with Gasteiger partial charge in [0.1, 0.15) is 0 Å². The number of nitrogens with one attached hydrogen (secondary N) is 1. The van der Waals surface area contributed by atoms with Crippen LogP contribution in [-0.2, 0) is 4.74 Å². The van der Waals surface area contributed by atoms with Crippen molar-refractivity contribution in [3.63, 3.8) is 0 Å². The minimum absolute atomic E-state index is 0.504. The maximum Gasteiger partial charge on any atom is 0.0546 e. The fraction of sp³-hybridized carbons (Fsp3) is 1.00. The summed E-state index contributed by atoms with van der Waals surface area (Å²) < 4.78 is 5.78. The lowest BCUT2D eigenvalue weighted by molar-refractivity contribution is 0.000564. The highest BCUT2D eigenvalue weighted by atomic mass is 16.5. The van der Waals surface area contributed by atoms with Gasteiger partial charge in [0.15, 0.2) is 0 Å². The standard InChI is InChI=1S/C11H21NO/c1-2-5-11(7-12-8-11)9-13-6-10-3-4-10/h10,12H,2-9H2,1H3. The molecule has 0 unspecified atom stereocenters. The lowest BCUT2D eigenvalue weighted by atomic mass is 9.78. The van der Waals surface area contributed by atoms with Crippen LogP contribution in [0.25, 0.3) is 0 Å². The number of hydrogen-bond donors (Lipinski definition) is 1. The second kappa shape index (κ2) is 3.97. The minimum Gasteiger partial charge on any atom is -0.380 e. The molecule has 1 saturated heterocycles. The third-order valence-corrected chi connectivity index (χ3v) is 3.24. The topological polar surface area (TPSA) is 21.3 Å². The van der Waals surface area contributed by atoms with Crippen molar-refractivity contribution >= 4 is 0 Å². The summed E-state index contributed by atoms with van der Waals surface area (Å²) in [6.07, 6.45) is 5.41. The average Bonchev–Trinajstić information content (AvgIpc) is 2.83. The quantitative estimate of drug-likeness (QED) is 0.678. The van der Waals surface area contributed by atoms with Gasteiger partial charge in [-0.25, -0.2) is 0 Å². The van der Waals surface area contributed by atoms with Crippen molar-refractivity contribution in [2.24, 2.45) is 11.3 Å². The van der Waals surface area contributed by atoms with E-state index in [9.17, 15) is 0 Å². The molecule has 0 radical (unpaired) electrons. The van der Waals surface area contributed by atoms with E-state index in [1.165, 1.54) is 38.8 Å². The highest BCUT2D eigenvalue weighted by molar-refractivity contribution is 4.91. The first-order valence-electron chi connectivity index (χ1n) is 5.63. The van der Waals surface area contributed by atoms with Crippen LogP contribution in [0.5, 0.6) is 0 Å². The van der Waals surface area contributed by atoms with Gasteiger partial charge in [-0.2, -0.15) is 0 Å². The average molecular weight is 183 g/mol. The molecule has 1 N–H and O–H groups in total. The molecule has 1 saturated carbocycles. The van der Waals surface area contributed by atoms with E-state index in [2.05, 4.69) is 12.2 Å². The fourth-order valence-electron chi connectivity index (χ4n) is 2.09. The van der Waals surface area contributed by atoms with Crippen molar-refractivity contribution in [1.29, 1.82) is 0 Å². The third-order valence-electron chi connectivity index (χ3n) is 3.24. The Bertz CT molecular complexity index is 161. The highest BCUT2D eigenvalue weighted by Gasteiger charge is 2.36. The van der Waals surface area contributed by atoms with Gasteiger partial charge in [0.05, 0.1) is 6.61 Å². The van der Waals surface area contributed by atoms with Crippen LogP contribution in [0, 0.1) is 11.3 Å². The molecule has 76 valence electrons. The molecule has 0 amide bonds. The Balaban J connectivity index is 1.64. The monoisotopic (exact) mass is 183 g/mol. The van der Waals surface area contributed by atoms with Crippen molar-refractivity contribution in [3.05, 3.63) is 0 Å². The second-order valence-corrected chi connectivity index (χ2v) is 4.81. The van der Waals surface area contributed by atoms with E-state index in [0.29, 0.717) is 5.41 Å². The second-order valence-electron chi connectivity index (χ2n) is 4.81. The molecule has 0 aromatic carbocycles. The van der Waals surface area contributed by atoms with Crippen molar-refractivity contribution in [1.82, 2.24) is 5.32 Å². The number of rotatable bonds is 6. The van der Waals surface area contributed by atoms with E-state index < -0.39 is 0 Å². The van der Waals surface area contributed by atoms with Gasteiger partial charge in [0, 0.05) is 25.1 Å². The van der Waals surface area contributed by atoms with Crippen molar-refractivity contribution in [3.8, 4) is 0 Å². The predicted octanol–water partition coefficient (Wildman–Crippen LogP) is 1.80. The van der Waals surface area contributed by atoms with Gasteiger partial charge in [0.2, 0.25) is 0 Å². The van der Waals surface area contributed by atoms with Gasteiger partial charge in [-0.05, 0) is 25.2 Å². The van der Waals surface area contributed by atoms with E-state index in [1.54, 1.807) is 0 Å². The summed E-state index contributed by atoms with van der Waals surface area (Å²) in [6, 6.07) is 0. The first-order chi connectivity index (χ1) is 6.35. The van der Waals surface area contributed by atoms with Crippen LogP contribution in [0.3, 0.4) is 0 Å². The molecule has 1 aliphatic carbocycles. The number of hydrogen-bond acceptors (Lipinski definition) is 2. The van der Waals surface area contributed by atoms with Crippen LogP contribution in [0.4, 0.5) is 0 Å². The lowest BCUT2D eigenvalue weighted by Gasteiger charge is -2.42. The van der Waals surface area contributed by atoms with E-state index in [4.69, 9.17) is 4.74 Å². The van der Waals surface area contributed by atoms with Crippen LogP contribution in [-0.4, -0.2) is 26.3 Å². The number of ether oxygens (including phenoxy) is 1. The Labute approximate surface area is 81.0 Å². The zero-order chi connectivity index (χ0) is 9.15. The van der Waals surface area contributed by atoms with Crippen LogP contribution in [0.1, 0.15) is 32.6 Å². The normalized spacial score (nSPS) is 25.6. The summed E-state index contributed by atoms with van der Waals surface area (Å²) in [7, 11) is 0. The van der Waals surface area contributed by atoms with Crippen LogP contribution in [0.15, 0.2) is 0 Å². The van der Waals surface area contributed by atoms with E-state index in [0.717, 1.165) is 19.1 Å². The van der Waals surface area contributed by atoms with Crippen molar-refractivity contribution < 1.29 is 4.74 Å². The molecule has 2 heteroatoms. The smallest absolute Gasteiger partial charge is 0.0546 e. The maximum atomic E-state index is 5.78. The van der Waals surface area contributed by atoms with Gasteiger partial charge in [0.25, 0.3) is 0 Å². The fourth-order valence-corrected chi connectivity index (χ4v) is 2.09. The zero-order valence-electron chi connectivity index (χ0n) is 8.64. The predicted molar refractivity (Wildman–Crippen MR) is 53.8 cm³/mol. The molecule has 1 aliphatic heterocycles. The Hall–Kier alpha value is -0.0800. The largest absolute Gasteiger partial charge is 0.380 e. The molecule has 2 fully saturated rings. The van der Waals surface area contributed by atoms with Crippen LogP contribution < -0.4 is 5.32 Å². The molecule has 0 aromatic rings. The summed E-state index contributed by atoms with van der Waals surface area (Å²) in [5.74, 6) is 0.909. The summed E-state index contributed by atoms with van der Waals surface area (Å²) in [5.41, 5.74) is 0.504. The van der Waals surface area contributed by atoms with Crippen LogP contribution in [0.2, 0.25) is 0 Å². The molecule has 2 rings (SSSR count). The Morgan fingerprint density at radius 2 is 2.15 bits per heavy atom. The molecular formula is C11H21NO. The first-order valence-corrected chi connectivity index (χ1v) is 5.63. The van der Waals surface area contributed by atoms with E-state index in [-0.39, 0.29) is 0 Å². The summed E-state index contributed by atoms with van der Waals surface area (Å²) in [5, 5.41) is 3.36. The molecule has 2 nitrogen and oxygen atoms in total. The molecule has 0 atom stereocenters. The first kappa shape index (κ1) is 9.47. The zero-order valence-corrected chi connectivity index (χ0v) is 8.64. The summed E-state index contributed by atoms with van der Waals surface area (Å²) in [6.45, 7) is 6.62. The molecular weight excluding hydrogens is 162 g/mol. The highest BCUT2D eigenvalue weighted by Crippen LogP contribution is 2.32. The minimum atomic E-state index is 0.504. The summed E-state index contributed by atoms with van der Waals surface area (Å²) >= 11 is 0. The van der Waals surface area contributed by atoms with Crippen molar-refractivity contribution in [2.45, 2.75) is 32.6 Å². The molecule has 2 aliphatic rings. The third kappa shape index (κ3) is 2.44. The Morgan fingerprint density at radius 3 is 2.62 bits per heavy atom. The van der Waals surface area contributed by atoms with Crippen LogP contribution >= 0.6 is 0 Å². The summed E-state index contributed by atoms with van der Waals surface area (Å²) in [4.78, 5) is 0. The van der Waals surface area contributed by atoms with Gasteiger partial charge < -0.3 is 10.1 Å². The molecule has 0 spiro atoms. The SMILES string of the molecule is CCCC1(COCC2CC2)CNC1. The van der Waals surface area contributed by atoms with Gasteiger partial charge in [-0.3, -0.25) is 0 Å². The van der Waals surface area contributed by atoms with Gasteiger partial charge in [-0.15, -0.1) is 0 Å². The van der Waals surface area contributed by atoms with Gasteiger partial charge in [-0.1, -0.05) is 13.3 Å². The molecule has 1 heterocycles. The van der Waals surface area contributed by atoms with E-state index in [1.807, 2.05) is 0 Å². The Kier molecular flexibility index (Phi) is 2.89. The maximum absolute atomic E-state index is 5.78. The molecule has 0 bridgehead atoms.